The minimum atomic E-state index is -0.161. The van der Waals surface area contributed by atoms with E-state index in [4.69, 9.17) is 4.74 Å². The number of amides is 3. The smallest absolute Gasteiger partial charge is 0.256 e. The summed E-state index contributed by atoms with van der Waals surface area (Å²) in [6, 6.07) is 15.5. The van der Waals surface area contributed by atoms with E-state index in [0.717, 1.165) is 17.7 Å². The van der Waals surface area contributed by atoms with Crippen LogP contribution in [-0.2, 0) is 14.3 Å². The molecule has 2 aliphatic rings. The van der Waals surface area contributed by atoms with Crippen LogP contribution in [0, 0.1) is 5.92 Å². The van der Waals surface area contributed by atoms with E-state index in [1.54, 1.807) is 6.07 Å². The van der Waals surface area contributed by atoms with Gasteiger partial charge in [-0.2, -0.15) is 0 Å². The van der Waals surface area contributed by atoms with Crippen LogP contribution in [0.2, 0.25) is 0 Å². The number of hydrogen-bond acceptors (Lipinski definition) is 5. The third-order valence-electron chi connectivity index (χ3n) is 7.16. The van der Waals surface area contributed by atoms with Gasteiger partial charge in [0.25, 0.3) is 5.91 Å². The van der Waals surface area contributed by atoms with Crippen LogP contribution in [0.1, 0.15) is 49.0 Å². The number of benzene rings is 2. The summed E-state index contributed by atoms with van der Waals surface area (Å²) < 4.78 is 5.43. The van der Waals surface area contributed by atoms with Crippen LogP contribution >= 0.6 is 0 Å². The number of nitrogens with one attached hydrogen (secondary N) is 1. The number of carbonyl (C=O) groups excluding carboxylic acids is 3. The highest BCUT2D eigenvalue weighted by molar-refractivity contribution is 6.02. The van der Waals surface area contributed by atoms with Gasteiger partial charge >= 0.3 is 0 Å². The molecule has 2 aliphatic heterocycles. The lowest BCUT2D eigenvalue weighted by molar-refractivity contribution is -0.133. The van der Waals surface area contributed by atoms with Crippen LogP contribution in [0.25, 0.3) is 0 Å². The van der Waals surface area contributed by atoms with Gasteiger partial charge in [-0.15, -0.1) is 0 Å². The Bertz CT molecular complexity index is 1090. The van der Waals surface area contributed by atoms with Gasteiger partial charge in [0.1, 0.15) is 0 Å². The molecule has 0 aromatic heterocycles. The number of morpholine rings is 1. The molecule has 0 saturated carbocycles. The van der Waals surface area contributed by atoms with Crippen molar-refractivity contribution in [2.24, 2.45) is 5.92 Å². The summed E-state index contributed by atoms with van der Waals surface area (Å²) in [6.45, 7) is 10.3. The van der Waals surface area contributed by atoms with E-state index in [0.29, 0.717) is 63.7 Å². The molecule has 37 heavy (non-hydrogen) atoms. The zero-order valence-electron chi connectivity index (χ0n) is 22.1. The molecule has 2 aromatic carbocycles. The summed E-state index contributed by atoms with van der Waals surface area (Å²) in [5.41, 5.74) is 3.07. The van der Waals surface area contributed by atoms with Gasteiger partial charge in [0.05, 0.1) is 24.7 Å². The second-order valence-corrected chi connectivity index (χ2v) is 9.96. The lowest BCUT2D eigenvalue weighted by Gasteiger charge is -2.38. The Morgan fingerprint density at radius 3 is 2.19 bits per heavy atom. The largest absolute Gasteiger partial charge is 0.378 e. The maximum Gasteiger partial charge on any atom is 0.256 e. The first kappa shape index (κ1) is 26.7. The summed E-state index contributed by atoms with van der Waals surface area (Å²) in [4.78, 5) is 45.1. The van der Waals surface area contributed by atoms with Gasteiger partial charge in [-0.25, -0.2) is 0 Å². The molecular formula is C29H38N4O4. The van der Waals surface area contributed by atoms with E-state index in [1.807, 2.05) is 66.1 Å². The van der Waals surface area contributed by atoms with Gasteiger partial charge in [-0.3, -0.25) is 14.4 Å². The number of hydrogen-bond donors (Lipinski definition) is 1. The van der Waals surface area contributed by atoms with Crippen molar-refractivity contribution in [3.63, 3.8) is 0 Å². The van der Waals surface area contributed by atoms with Crippen molar-refractivity contribution in [1.82, 2.24) is 9.80 Å². The van der Waals surface area contributed by atoms with E-state index in [-0.39, 0.29) is 29.6 Å². The van der Waals surface area contributed by atoms with Crippen LogP contribution in [0.15, 0.2) is 48.5 Å². The fourth-order valence-corrected chi connectivity index (χ4v) is 4.91. The molecule has 1 atom stereocenters. The molecule has 4 rings (SSSR count). The summed E-state index contributed by atoms with van der Waals surface area (Å²) in [5.74, 6) is -0.299. The molecule has 8 nitrogen and oxygen atoms in total. The van der Waals surface area contributed by atoms with Crippen molar-refractivity contribution < 1.29 is 19.1 Å². The number of rotatable bonds is 7. The highest BCUT2D eigenvalue weighted by atomic mass is 16.5. The van der Waals surface area contributed by atoms with Gasteiger partial charge in [0, 0.05) is 56.6 Å². The molecule has 0 bridgehead atoms. The lowest BCUT2D eigenvalue weighted by Crippen LogP contribution is -2.50. The van der Waals surface area contributed by atoms with E-state index in [1.165, 1.54) is 0 Å². The monoisotopic (exact) mass is 506 g/mol. The first-order chi connectivity index (χ1) is 17.9. The van der Waals surface area contributed by atoms with Crippen molar-refractivity contribution in [2.45, 2.75) is 33.1 Å². The molecule has 2 aromatic rings. The lowest BCUT2D eigenvalue weighted by atomic mass is 9.94. The maximum absolute atomic E-state index is 13.6. The summed E-state index contributed by atoms with van der Waals surface area (Å²) >= 11 is 0. The average Bonchev–Trinajstić information content (AvgIpc) is 2.94. The Morgan fingerprint density at radius 2 is 1.57 bits per heavy atom. The Kier molecular flexibility index (Phi) is 8.82. The highest BCUT2D eigenvalue weighted by Gasteiger charge is 2.30. The Morgan fingerprint density at radius 1 is 0.892 bits per heavy atom. The normalized spacial score (nSPS) is 17.0. The Labute approximate surface area is 219 Å². The van der Waals surface area contributed by atoms with Gasteiger partial charge in [0.2, 0.25) is 11.8 Å². The Hall–Kier alpha value is -3.39. The minimum absolute atomic E-state index is 0.0624. The second-order valence-electron chi connectivity index (χ2n) is 9.96. The predicted octanol–water partition coefficient (Wildman–Crippen LogP) is 3.60. The van der Waals surface area contributed by atoms with Crippen molar-refractivity contribution in [3.8, 4) is 0 Å². The SMILES string of the molecule is CC[C@H](C(=O)N1CCN(c2ccc(NC(=O)C(C)C)cc2C(=O)N2CCOCC2)CC1)c1ccccc1. The molecular weight excluding hydrogens is 468 g/mol. The molecule has 0 radical (unpaired) electrons. The van der Waals surface area contributed by atoms with E-state index in [2.05, 4.69) is 17.1 Å². The van der Waals surface area contributed by atoms with Crippen LogP contribution in [0.5, 0.6) is 0 Å². The first-order valence-electron chi connectivity index (χ1n) is 13.3. The molecule has 198 valence electrons. The number of anilines is 2. The number of nitrogens with zero attached hydrogens (tertiary/aromatic N) is 3. The molecule has 8 heteroatoms. The minimum Gasteiger partial charge on any atom is -0.378 e. The van der Waals surface area contributed by atoms with E-state index >= 15 is 0 Å². The summed E-state index contributed by atoms with van der Waals surface area (Å²) in [7, 11) is 0. The van der Waals surface area contributed by atoms with E-state index in [9.17, 15) is 14.4 Å². The van der Waals surface area contributed by atoms with Crippen molar-refractivity contribution in [1.29, 1.82) is 0 Å². The topological polar surface area (TPSA) is 82.2 Å². The van der Waals surface area contributed by atoms with Crippen LogP contribution in [0.3, 0.4) is 0 Å². The fraction of sp³-hybridized carbons (Fsp3) is 0.483. The third-order valence-corrected chi connectivity index (χ3v) is 7.16. The van der Waals surface area contributed by atoms with Crippen LogP contribution in [0.4, 0.5) is 11.4 Å². The zero-order valence-corrected chi connectivity index (χ0v) is 22.1. The van der Waals surface area contributed by atoms with Crippen LogP contribution < -0.4 is 10.2 Å². The molecule has 0 aliphatic carbocycles. The van der Waals surface area contributed by atoms with Gasteiger partial charge < -0.3 is 24.8 Å². The molecule has 2 saturated heterocycles. The standard InChI is InChI=1S/C29H38N4O4/c1-4-24(22-8-6-5-7-9-22)28(35)32-14-12-31(13-15-32)26-11-10-23(30-27(34)21(2)3)20-25(26)29(36)33-16-18-37-19-17-33/h5-11,20-21,24H,4,12-19H2,1-3H3,(H,30,34)/t24-/m0/s1. The predicted molar refractivity (Wildman–Crippen MR) is 145 cm³/mol. The second kappa shape index (κ2) is 12.2. The Balaban J connectivity index is 1.51. The van der Waals surface area contributed by atoms with Gasteiger partial charge in [-0.05, 0) is 30.2 Å². The number of piperazine rings is 1. The van der Waals surface area contributed by atoms with Crippen LogP contribution in [-0.4, -0.2) is 80.0 Å². The van der Waals surface area contributed by atoms with Crippen molar-refractivity contribution in [3.05, 3.63) is 59.7 Å². The summed E-state index contributed by atoms with van der Waals surface area (Å²) in [5, 5.41) is 2.92. The van der Waals surface area contributed by atoms with Gasteiger partial charge in [0.15, 0.2) is 0 Å². The molecule has 1 N–H and O–H groups in total. The quantitative estimate of drug-likeness (QED) is 0.621. The van der Waals surface area contributed by atoms with Crippen molar-refractivity contribution >= 4 is 29.1 Å². The molecule has 0 unspecified atom stereocenters. The highest BCUT2D eigenvalue weighted by Crippen LogP contribution is 2.29. The zero-order chi connectivity index (χ0) is 26.4. The number of ether oxygens (including phenoxy) is 1. The van der Waals surface area contributed by atoms with Crippen molar-refractivity contribution in [2.75, 3.05) is 62.7 Å². The average molecular weight is 507 g/mol. The molecule has 2 fully saturated rings. The molecule has 0 spiro atoms. The number of carbonyl (C=O) groups is 3. The summed E-state index contributed by atoms with van der Waals surface area (Å²) in [6.07, 6.45) is 0.755. The first-order valence-corrected chi connectivity index (χ1v) is 13.3. The maximum atomic E-state index is 13.6. The van der Waals surface area contributed by atoms with Gasteiger partial charge in [-0.1, -0.05) is 51.1 Å². The van der Waals surface area contributed by atoms with E-state index < -0.39 is 0 Å². The molecule has 2 heterocycles. The fourth-order valence-electron chi connectivity index (χ4n) is 4.91. The molecule has 3 amide bonds. The third kappa shape index (κ3) is 6.31.